The van der Waals surface area contributed by atoms with Gasteiger partial charge in [0.05, 0.1) is 6.54 Å². The van der Waals surface area contributed by atoms with Crippen molar-refractivity contribution in [3.8, 4) is 0 Å². The van der Waals surface area contributed by atoms with E-state index >= 15 is 0 Å². The van der Waals surface area contributed by atoms with Crippen molar-refractivity contribution < 1.29 is 9.53 Å². The van der Waals surface area contributed by atoms with Crippen LogP contribution in [0.1, 0.15) is 6.92 Å². The number of guanidine groups is 1. The van der Waals surface area contributed by atoms with Gasteiger partial charge in [-0.05, 0) is 6.92 Å². The summed E-state index contributed by atoms with van der Waals surface area (Å²) in [5.74, 6) is 0.338. The zero-order valence-electron chi connectivity index (χ0n) is 7.04. The van der Waals surface area contributed by atoms with Gasteiger partial charge in [-0.1, -0.05) is 0 Å². The maximum Gasteiger partial charge on any atom is 0.404 e. The molecule has 0 spiro atoms. The fourth-order valence-electron chi connectivity index (χ4n) is 0.549. The van der Waals surface area contributed by atoms with E-state index in [0.717, 1.165) is 0 Å². The predicted molar refractivity (Wildman–Crippen MR) is 45.7 cm³/mol. The summed E-state index contributed by atoms with van der Waals surface area (Å²) in [4.78, 5) is 13.9. The second-order valence-corrected chi connectivity index (χ2v) is 1.96. The lowest BCUT2D eigenvalue weighted by Gasteiger charge is -2.01. The Morgan fingerprint density at radius 3 is 2.75 bits per heavy atom. The average Bonchev–Trinajstić information content (AvgIpc) is 1.98. The maximum atomic E-state index is 10.1. The minimum Gasteiger partial charge on any atom is -0.448 e. The number of carbonyl (C=O) groups is 1. The smallest absolute Gasteiger partial charge is 0.404 e. The molecule has 0 aliphatic rings. The molecule has 0 unspecified atom stereocenters. The minimum atomic E-state index is -0.799. The van der Waals surface area contributed by atoms with E-state index in [1.165, 1.54) is 0 Å². The second-order valence-electron chi connectivity index (χ2n) is 1.96. The first kappa shape index (κ1) is 10.5. The van der Waals surface area contributed by atoms with Gasteiger partial charge >= 0.3 is 6.09 Å². The van der Waals surface area contributed by atoms with Gasteiger partial charge in [-0.2, -0.15) is 0 Å². The molecule has 0 aliphatic carbocycles. The van der Waals surface area contributed by atoms with Crippen molar-refractivity contribution >= 4 is 12.1 Å². The maximum absolute atomic E-state index is 10.1. The number of nitrogens with one attached hydrogen (secondary N) is 1. The van der Waals surface area contributed by atoms with Gasteiger partial charge in [0.25, 0.3) is 0 Å². The molecule has 0 saturated heterocycles. The van der Waals surface area contributed by atoms with Gasteiger partial charge in [-0.25, -0.2) is 9.79 Å². The molecule has 0 heterocycles. The van der Waals surface area contributed by atoms with Gasteiger partial charge in [0.2, 0.25) is 0 Å². The lowest BCUT2D eigenvalue weighted by atomic mass is 10.7. The van der Waals surface area contributed by atoms with Crippen LogP contribution in [0.3, 0.4) is 0 Å². The molecule has 0 bridgehead atoms. The van der Waals surface area contributed by atoms with Crippen LogP contribution in [0.15, 0.2) is 4.99 Å². The number of hydrogen-bond donors (Lipinski definition) is 3. The van der Waals surface area contributed by atoms with E-state index in [-0.39, 0.29) is 6.61 Å². The number of primary amides is 1. The van der Waals surface area contributed by atoms with Crippen molar-refractivity contribution in [2.24, 2.45) is 16.5 Å². The summed E-state index contributed by atoms with van der Waals surface area (Å²) >= 11 is 0. The molecule has 6 nitrogen and oxygen atoms in total. The molecule has 70 valence electrons. The number of nitrogens with zero attached hydrogens (tertiary/aromatic N) is 1. The first-order chi connectivity index (χ1) is 5.66. The van der Waals surface area contributed by atoms with Gasteiger partial charge in [0.15, 0.2) is 5.96 Å². The first-order valence-corrected chi connectivity index (χ1v) is 3.62. The Morgan fingerprint density at radius 1 is 1.58 bits per heavy atom. The van der Waals surface area contributed by atoms with Crippen LogP contribution in [0.25, 0.3) is 0 Å². The number of nitrogens with two attached hydrogens (primary N) is 2. The van der Waals surface area contributed by atoms with Crippen LogP contribution in [0.4, 0.5) is 4.79 Å². The summed E-state index contributed by atoms with van der Waals surface area (Å²) in [5.41, 5.74) is 10.1. The summed E-state index contributed by atoms with van der Waals surface area (Å²) in [6.07, 6.45) is -0.799. The van der Waals surface area contributed by atoms with E-state index in [1.807, 2.05) is 6.92 Å². The van der Waals surface area contributed by atoms with E-state index in [1.54, 1.807) is 0 Å². The quantitative estimate of drug-likeness (QED) is 0.289. The molecule has 1 amide bonds. The Hall–Kier alpha value is -1.46. The van der Waals surface area contributed by atoms with Crippen LogP contribution in [0.5, 0.6) is 0 Å². The minimum absolute atomic E-state index is 0.154. The van der Waals surface area contributed by atoms with E-state index in [0.29, 0.717) is 19.0 Å². The van der Waals surface area contributed by atoms with Crippen LogP contribution in [0, 0.1) is 0 Å². The number of carbonyl (C=O) groups excluding carboxylic acids is 1. The number of rotatable bonds is 4. The molecule has 6 heteroatoms. The highest BCUT2D eigenvalue weighted by Gasteiger charge is 1.91. The summed E-state index contributed by atoms with van der Waals surface area (Å²) in [7, 11) is 0. The molecule has 5 N–H and O–H groups in total. The van der Waals surface area contributed by atoms with Crippen molar-refractivity contribution in [2.75, 3.05) is 19.7 Å². The van der Waals surface area contributed by atoms with Crippen LogP contribution in [-0.2, 0) is 4.74 Å². The summed E-state index contributed by atoms with van der Waals surface area (Å²) < 4.78 is 4.42. The number of ether oxygens (including phenoxy) is 1. The Morgan fingerprint density at radius 2 is 2.25 bits per heavy atom. The molecule has 0 radical (unpaired) electrons. The van der Waals surface area contributed by atoms with Crippen LogP contribution >= 0.6 is 0 Å². The average molecular weight is 174 g/mol. The summed E-state index contributed by atoms with van der Waals surface area (Å²) in [6, 6.07) is 0. The SMILES string of the molecule is CCNC(N)=NCCOC(N)=O. The van der Waals surface area contributed by atoms with Gasteiger partial charge in [0, 0.05) is 6.54 Å². The van der Waals surface area contributed by atoms with E-state index in [2.05, 4.69) is 15.0 Å². The van der Waals surface area contributed by atoms with Crippen molar-refractivity contribution in [2.45, 2.75) is 6.92 Å². The molecule has 0 aliphatic heterocycles. The second kappa shape index (κ2) is 6.26. The highest BCUT2D eigenvalue weighted by molar-refractivity contribution is 5.77. The Bertz CT molecular complexity index is 169. The normalized spacial score (nSPS) is 10.9. The largest absolute Gasteiger partial charge is 0.448 e. The lowest BCUT2D eigenvalue weighted by Crippen LogP contribution is -2.31. The number of hydrogen-bond acceptors (Lipinski definition) is 3. The molecule has 0 fully saturated rings. The van der Waals surface area contributed by atoms with Crippen LogP contribution in [0.2, 0.25) is 0 Å². The van der Waals surface area contributed by atoms with Gasteiger partial charge in [0.1, 0.15) is 6.61 Å². The molecule has 0 aromatic carbocycles. The van der Waals surface area contributed by atoms with Crippen molar-refractivity contribution in [3.05, 3.63) is 0 Å². The molecular weight excluding hydrogens is 160 g/mol. The predicted octanol–water partition coefficient (Wildman–Crippen LogP) is -0.994. The number of amides is 1. The van der Waals surface area contributed by atoms with E-state index in [9.17, 15) is 4.79 Å². The number of aliphatic imine (C=N–C) groups is 1. The molecule has 12 heavy (non-hydrogen) atoms. The first-order valence-electron chi connectivity index (χ1n) is 3.62. The van der Waals surface area contributed by atoms with Crippen molar-refractivity contribution in [1.29, 1.82) is 0 Å². The molecular formula is C6H14N4O2. The van der Waals surface area contributed by atoms with Gasteiger partial charge < -0.3 is 21.5 Å². The van der Waals surface area contributed by atoms with E-state index < -0.39 is 6.09 Å². The zero-order chi connectivity index (χ0) is 9.40. The monoisotopic (exact) mass is 174 g/mol. The molecule has 0 rings (SSSR count). The van der Waals surface area contributed by atoms with Crippen molar-refractivity contribution in [3.63, 3.8) is 0 Å². The fraction of sp³-hybridized carbons (Fsp3) is 0.667. The molecule has 0 atom stereocenters. The fourth-order valence-corrected chi connectivity index (χ4v) is 0.549. The third-order valence-electron chi connectivity index (χ3n) is 0.976. The molecule has 0 aromatic rings. The van der Waals surface area contributed by atoms with Gasteiger partial charge in [-0.15, -0.1) is 0 Å². The standard InChI is InChI=1S/C6H14N4O2/c1-2-9-5(7)10-3-4-12-6(8)11/h2-4H2,1H3,(H2,8,11)(H3,7,9,10). The Labute approximate surface area is 71.0 Å². The van der Waals surface area contributed by atoms with Crippen molar-refractivity contribution in [1.82, 2.24) is 5.32 Å². The zero-order valence-corrected chi connectivity index (χ0v) is 7.04. The lowest BCUT2D eigenvalue weighted by molar-refractivity contribution is 0.160. The third kappa shape index (κ3) is 6.66. The van der Waals surface area contributed by atoms with Gasteiger partial charge in [-0.3, -0.25) is 0 Å². The van der Waals surface area contributed by atoms with Crippen LogP contribution < -0.4 is 16.8 Å². The Balaban J connectivity index is 3.39. The Kier molecular flexibility index (Phi) is 5.50. The molecule has 0 aromatic heterocycles. The van der Waals surface area contributed by atoms with E-state index in [4.69, 9.17) is 11.5 Å². The summed E-state index contributed by atoms with van der Waals surface area (Å²) in [6.45, 7) is 3.09. The highest BCUT2D eigenvalue weighted by Crippen LogP contribution is 1.75. The topological polar surface area (TPSA) is 103 Å². The third-order valence-corrected chi connectivity index (χ3v) is 0.976. The summed E-state index contributed by atoms with van der Waals surface area (Å²) in [5, 5.41) is 2.79. The highest BCUT2D eigenvalue weighted by atomic mass is 16.5. The molecule has 0 saturated carbocycles. The van der Waals surface area contributed by atoms with Crippen LogP contribution in [-0.4, -0.2) is 31.7 Å².